The van der Waals surface area contributed by atoms with Gasteiger partial charge in [-0.2, -0.15) is 5.26 Å². The van der Waals surface area contributed by atoms with Crippen LogP contribution in [0.5, 0.6) is 0 Å². The number of benzene rings is 8. The van der Waals surface area contributed by atoms with Gasteiger partial charge in [-0.15, -0.1) is 0 Å². The lowest BCUT2D eigenvalue weighted by Crippen LogP contribution is -2.14. The van der Waals surface area contributed by atoms with Crippen molar-refractivity contribution in [3.8, 4) is 6.07 Å². The smallest absolute Gasteiger partial charge is 0.189 e. The van der Waals surface area contributed by atoms with Crippen LogP contribution >= 0.6 is 0 Å². The number of para-hydroxylation sites is 2. The molecule has 0 amide bonds. The predicted molar refractivity (Wildman–Crippen MR) is 242 cm³/mol. The molecular weight excluding hydrogens is 705 g/mol. The summed E-state index contributed by atoms with van der Waals surface area (Å²) in [4.78, 5) is 8.63. The lowest BCUT2D eigenvalue weighted by Gasteiger charge is -2.33. The SMILES string of the molecule is [C-]#[N+]c1cccc(N(c2ccccc2)c2cc(C3CCCCC3)c3ccc4c(N(c5ccccc5)c5cccc(C#N)c5)cc(C5CCCCC5)c5ccc2c3c54)c1. The summed E-state index contributed by atoms with van der Waals surface area (Å²) >= 11 is 0. The Labute approximate surface area is 341 Å². The monoisotopic (exact) mass is 750 g/mol. The first kappa shape index (κ1) is 35.8. The van der Waals surface area contributed by atoms with Crippen LogP contribution in [0.4, 0.5) is 39.8 Å². The molecular formula is C54H46N4. The van der Waals surface area contributed by atoms with Crippen molar-refractivity contribution in [2.75, 3.05) is 9.80 Å². The van der Waals surface area contributed by atoms with Crippen molar-refractivity contribution in [3.05, 3.63) is 174 Å². The maximum atomic E-state index is 10.1. The second-order valence-electron chi connectivity index (χ2n) is 16.3. The molecule has 10 rings (SSSR count). The maximum absolute atomic E-state index is 10.1. The zero-order valence-corrected chi connectivity index (χ0v) is 32.9. The van der Waals surface area contributed by atoms with Crippen LogP contribution in [0.15, 0.2) is 146 Å². The molecule has 2 aliphatic rings. The van der Waals surface area contributed by atoms with E-state index in [0.717, 1.165) is 34.1 Å². The van der Waals surface area contributed by atoms with E-state index in [1.807, 2.05) is 36.4 Å². The van der Waals surface area contributed by atoms with E-state index in [0.29, 0.717) is 23.1 Å². The molecule has 58 heavy (non-hydrogen) atoms. The first-order valence-corrected chi connectivity index (χ1v) is 21.2. The van der Waals surface area contributed by atoms with E-state index in [1.54, 1.807) is 0 Å². The fourth-order valence-electron chi connectivity index (χ4n) is 10.3. The van der Waals surface area contributed by atoms with Crippen molar-refractivity contribution < 1.29 is 0 Å². The van der Waals surface area contributed by atoms with Gasteiger partial charge in [-0.3, -0.25) is 0 Å². The summed E-state index contributed by atoms with van der Waals surface area (Å²) in [6.45, 7) is 7.92. The van der Waals surface area contributed by atoms with Gasteiger partial charge in [-0.25, -0.2) is 4.85 Å². The van der Waals surface area contributed by atoms with Crippen LogP contribution in [-0.4, -0.2) is 0 Å². The van der Waals surface area contributed by atoms with Gasteiger partial charge in [-0.05, 0) is 137 Å². The van der Waals surface area contributed by atoms with Gasteiger partial charge in [0.05, 0.1) is 29.6 Å². The number of anilines is 6. The molecule has 4 nitrogen and oxygen atoms in total. The van der Waals surface area contributed by atoms with Crippen molar-refractivity contribution in [1.82, 2.24) is 0 Å². The zero-order chi connectivity index (χ0) is 39.0. The molecule has 0 heterocycles. The molecule has 0 radical (unpaired) electrons. The Bertz CT molecular complexity index is 2640. The van der Waals surface area contributed by atoms with Crippen LogP contribution in [0.2, 0.25) is 0 Å². The summed E-state index contributed by atoms with van der Waals surface area (Å²) < 4.78 is 0. The van der Waals surface area contributed by atoms with Gasteiger partial charge < -0.3 is 9.80 Å². The Morgan fingerprint density at radius 3 is 1.40 bits per heavy atom. The lowest BCUT2D eigenvalue weighted by molar-refractivity contribution is 0.445. The largest absolute Gasteiger partial charge is 0.311 e. The van der Waals surface area contributed by atoms with Gasteiger partial charge in [-0.1, -0.05) is 117 Å². The average molecular weight is 751 g/mol. The van der Waals surface area contributed by atoms with E-state index in [9.17, 15) is 5.26 Å². The van der Waals surface area contributed by atoms with Crippen molar-refractivity contribution in [2.24, 2.45) is 0 Å². The summed E-state index contributed by atoms with van der Waals surface area (Å²) in [7, 11) is 0. The van der Waals surface area contributed by atoms with Crippen LogP contribution in [-0.2, 0) is 0 Å². The number of hydrogen-bond donors (Lipinski definition) is 0. The molecule has 8 aromatic rings. The normalized spacial score (nSPS) is 15.1. The third kappa shape index (κ3) is 6.31. The molecule has 2 fully saturated rings. The number of hydrogen-bond acceptors (Lipinski definition) is 3. The Morgan fingerprint density at radius 1 is 0.466 bits per heavy atom. The summed E-state index contributed by atoms with van der Waals surface area (Å²) in [5.74, 6) is 0.936. The summed E-state index contributed by atoms with van der Waals surface area (Å²) in [6, 6.07) is 54.5. The van der Waals surface area contributed by atoms with Gasteiger partial charge in [0.15, 0.2) is 5.69 Å². The van der Waals surface area contributed by atoms with Crippen LogP contribution in [0, 0.1) is 17.9 Å². The highest BCUT2D eigenvalue weighted by molar-refractivity contribution is 6.29. The summed E-state index contributed by atoms with van der Waals surface area (Å²) in [5, 5.41) is 17.9. The van der Waals surface area contributed by atoms with Gasteiger partial charge in [0.2, 0.25) is 0 Å². The topological polar surface area (TPSA) is 34.6 Å². The van der Waals surface area contributed by atoms with Crippen LogP contribution in [0.3, 0.4) is 0 Å². The van der Waals surface area contributed by atoms with Crippen LogP contribution < -0.4 is 9.80 Å². The molecule has 8 aromatic carbocycles. The van der Waals surface area contributed by atoms with E-state index >= 15 is 0 Å². The number of rotatable bonds is 8. The Hall–Kier alpha value is -6.62. The molecule has 282 valence electrons. The molecule has 0 atom stereocenters. The van der Waals surface area contributed by atoms with Crippen LogP contribution in [0.1, 0.15) is 92.7 Å². The minimum atomic E-state index is 0.467. The zero-order valence-electron chi connectivity index (χ0n) is 32.9. The molecule has 2 saturated carbocycles. The highest BCUT2D eigenvalue weighted by Gasteiger charge is 2.29. The van der Waals surface area contributed by atoms with Crippen molar-refractivity contribution >= 4 is 72.1 Å². The summed E-state index contributed by atoms with van der Waals surface area (Å²) in [5.41, 5.74) is 10.6. The number of nitriles is 1. The molecule has 0 unspecified atom stereocenters. The van der Waals surface area contributed by atoms with Crippen molar-refractivity contribution in [2.45, 2.75) is 76.0 Å². The van der Waals surface area contributed by atoms with E-state index in [2.05, 4.69) is 130 Å². The molecule has 4 heteroatoms. The first-order chi connectivity index (χ1) is 28.7. The molecule has 0 N–H and O–H groups in total. The molecule has 0 aromatic heterocycles. The maximum Gasteiger partial charge on any atom is 0.189 e. The second kappa shape index (κ2) is 15.4. The van der Waals surface area contributed by atoms with Crippen molar-refractivity contribution in [1.29, 1.82) is 5.26 Å². The Kier molecular flexibility index (Phi) is 9.48. The van der Waals surface area contributed by atoms with Crippen molar-refractivity contribution in [3.63, 3.8) is 0 Å². The standard InChI is InChI=1S/C54H46N4/c1-56-40-21-15-27-44(33-40)58(42-24-12-5-13-25-42)52-35-50(39-19-8-3-9-20-39)46-28-30-47-51(57(41-22-10-4-11-23-41)43-26-14-16-37(32-43)36-55)34-49(38-17-6-2-7-18-38)45-29-31-48(52)54(46)53(45)47/h4-5,10-16,21-35,38-39H,2-3,6-9,17-20H2. The lowest BCUT2D eigenvalue weighted by atomic mass is 9.77. The third-order valence-corrected chi connectivity index (χ3v) is 13.0. The fourth-order valence-corrected chi connectivity index (χ4v) is 10.3. The Balaban J connectivity index is 1.34. The quantitative estimate of drug-likeness (QED) is 0.115. The highest BCUT2D eigenvalue weighted by Crippen LogP contribution is 2.53. The average Bonchev–Trinajstić information content (AvgIpc) is 3.30. The summed E-state index contributed by atoms with van der Waals surface area (Å²) in [6.07, 6.45) is 12.4. The van der Waals surface area contributed by atoms with E-state index in [1.165, 1.54) is 108 Å². The highest BCUT2D eigenvalue weighted by atomic mass is 15.2. The second-order valence-corrected chi connectivity index (χ2v) is 16.3. The van der Waals surface area contributed by atoms with Gasteiger partial charge in [0, 0.05) is 33.5 Å². The Morgan fingerprint density at radius 2 is 0.914 bits per heavy atom. The molecule has 0 spiro atoms. The minimum Gasteiger partial charge on any atom is -0.311 e. The molecule has 0 aliphatic heterocycles. The van der Waals surface area contributed by atoms with Gasteiger partial charge in [0.1, 0.15) is 0 Å². The van der Waals surface area contributed by atoms with Gasteiger partial charge >= 0.3 is 0 Å². The van der Waals surface area contributed by atoms with E-state index < -0.39 is 0 Å². The first-order valence-electron chi connectivity index (χ1n) is 21.2. The molecule has 0 saturated heterocycles. The van der Waals surface area contributed by atoms with Crippen LogP contribution in [0.25, 0.3) is 37.2 Å². The predicted octanol–water partition coefficient (Wildman–Crippen LogP) is 16.0. The minimum absolute atomic E-state index is 0.467. The van der Waals surface area contributed by atoms with Gasteiger partial charge in [0.25, 0.3) is 0 Å². The number of nitrogens with zero attached hydrogens (tertiary/aromatic N) is 4. The fraction of sp³-hybridized carbons (Fsp3) is 0.222. The molecule has 2 aliphatic carbocycles. The third-order valence-electron chi connectivity index (χ3n) is 13.0. The van der Waals surface area contributed by atoms with E-state index in [4.69, 9.17) is 6.57 Å². The van der Waals surface area contributed by atoms with E-state index in [-0.39, 0.29) is 0 Å². The molecule has 0 bridgehead atoms.